The standard InChI is InChI=1S/C16H22ClNO/c1-5-6-18-15(10(2)3)14-9-12-7-11(4)8-13(17)16(12)19-14/h7-10,15,18H,5-6H2,1-4H3. The van der Waals surface area contributed by atoms with Gasteiger partial charge in [-0.1, -0.05) is 32.4 Å². The Hall–Kier alpha value is -0.990. The van der Waals surface area contributed by atoms with Gasteiger partial charge in [0.05, 0.1) is 11.1 Å². The van der Waals surface area contributed by atoms with E-state index in [9.17, 15) is 0 Å². The summed E-state index contributed by atoms with van der Waals surface area (Å²) >= 11 is 6.25. The molecule has 1 aromatic heterocycles. The van der Waals surface area contributed by atoms with E-state index >= 15 is 0 Å². The summed E-state index contributed by atoms with van der Waals surface area (Å²) in [6, 6.07) is 6.41. The zero-order valence-corrected chi connectivity index (χ0v) is 12.8. The van der Waals surface area contributed by atoms with E-state index < -0.39 is 0 Å². The van der Waals surface area contributed by atoms with Crippen LogP contribution in [0.5, 0.6) is 0 Å². The maximum Gasteiger partial charge on any atom is 0.152 e. The number of furan rings is 1. The molecule has 0 radical (unpaired) electrons. The minimum atomic E-state index is 0.240. The van der Waals surface area contributed by atoms with Gasteiger partial charge in [-0.25, -0.2) is 0 Å². The molecule has 1 aromatic carbocycles. The molecule has 0 aliphatic heterocycles. The van der Waals surface area contributed by atoms with Gasteiger partial charge >= 0.3 is 0 Å². The Labute approximate surface area is 120 Å². The quantitative estimate of drug-likeness (QED) is 0.824. The summed E-state index contributed by atoms with van der Waals surface area (Å²) in [4.78, 5) is 0. The van der Waals surface area contributed by atoms with E-state index in [1.54, 1.807) is 0 Å². The maximum atomic E-state index is 6.25. The van der Waals surface area contributed by atoms with Crippen molar-refractivity contribution in [2.24, 2.45) is 5.92 Å². The molecule has 0 saturated carbocycles. The second-order valence-corrected chi connectivity index (χ2v) is 5.90. The topological polar surface area (TPSA) is 25.2 Å². The molecule has 2 aromatic rings. The normalized spacial score (nSPS) is 13.4. The smallest absolute Gasteiger partial charge is 0.152 e. The van der Waals surface area contributed by atoms with Crippen LogP contribution < -0.4 is 5.32 Å². The van der Waals surface area contributed by atoms with E-state index in [-0.39, 0.29) is 6.04 Å². The molecule has 0 bridgehead atoms. The monoisotopic (exact) mass is 279 g/mol. The summed E-state index contributed by atoms with van der Waals surface area (Å²) in [5, 5.41) is 5.32. The van der Waals surface area contributed by atoms with Gasteiger partial charge in [-0.3, -0.25) is 0 Å². The van der Waals surface area contributed by atoms with Crippen molar-refractivity contribution in [3.05, 3.63) is 34.5 Å². The lowest BCUT2D eigenvalue weighted by atomic mass is 10.0. The maximum absolute atomic E-state index is 6.25. The van der Waals surface area contributed by atoms with Crippen molar-refractivity contribution in [2.45, 2.75) is 40.2 Å². The van der Waals surface area contributed by atoms with Crippen molar-refractivity contribution in [1.29, 1.82) is 0 Å². The zero-order chi connectivity index (χ0) is 14.0. The fraction of sp³-hybridized carbons (Fsp3) is 0.500. The zero-order valence-electron chi connectivity index (χ0n) is 12.1. The number of benzene rings is 1. The second-order valence-electron chi connectivity index (χ2n) is 5.49. The summed E-state index contributed by atoms with van der Waals surface area (Å²) in [5.74, 6) is 1.46. The van der Waals surface area contributed by atoms with Crippen LogP contribution in [0.25, 0.3) is 11.0 Å². The fourth-order valence-electron chi connectivity index (χ4n) is 2.39. The van der Waals surface area contributed by atoms with Gasteiger partial charge in [0.25, 0.3) is 0 Å². The van der Waals surface area contributed by atoms with E-state index in [1.807, 2.05) is 13.0 Å². The third-order valence-electron chi connectivity index (χ3n) is 3.32. The largest absolute Gasteiger partial charge is 0.458 e. The predicted molar refractivity (Wildman–Crippen MR) is 81.8 cm³/mol. The molecular weight excluding hydrogens is 258 g/mol. The number of hydrogen-bond donors (Lipinski definition) is 1. The molecular formula is C16H22ClNO. The predicted octanol–water partition coefficient (Wildman–Crippen LogP) is 5.09. The number of rotatable bonds is 5. The van der Waals surface area contributed by atoms with Gasteiger partial charge < -0.3 is 9.73 Å². The van der Waals surface area contributed by atoms with E-state index in [4.69, 9.17) is 16.0 Å². The molecule has 0 aliphatic carbocycles. The highest BCUT2D eigenvalue weighted by atomic mass is 35.5. The van der Waals surface area contributed by atoms with Crippen LogP contribution in [0.15, 0.2) is 22.6 Å². The van der Waals surface area contributed by atoms with Crippen LogP contribution in [0.4, 0.5) is 0 Å². The molecule has 0 spiro atoms. The minimum Gasteiger partial charge on any atom is -0.458 e. The average Bonchev–Trinajstić information content (AvgIpc) is 2.73. The summed E-state index contributed by atoms with van der Waals surface area (Å²) < 4.78 is 5.98. The van der Waals surface area contributed by atoms with Gasteiger partial charge in [-0.2, -0.15) is 0 Å². The first-order valence-electron chi connectivity index (χ1n) is 6.96. The third kappa shape index (κ3) is 3.13. The van der Waals surface area contributed by atoms with Crippen LogP contribution in [0, 0.1) is 12.8 Å². The van der Waals surface area contributed by atoms with Gasteiger partial charge in [-0.05, 0) is 49.6 Å². The lowest BCUT2D eigenvalue weighted by Crippen LogP contribution is -2.25. The van der Waals surface area contributed by atoms with E-state index in [2.05, 4.69) is 38.2 Å². The average molecular weight is 280 g/mol. The first kappa shape index (κ1) is 14.4. The van der Waals surface area contributed by atoms with E-state index in [1.165, 1.54) is 0 Å². The van der Waals surface area contributed by atoms with E-state index in [0.29, 0.717) is 10.9 Å². The molecule has 0 saturated heterocycles. The molecule has 19 heavy (non-hydrogen) atoms. The van der Waals surface area contributed by atoms with Crippen LogP contribution in [0.3, 0.4) is 0 Å². The molecule has 1 heterocycles. The lowest BCUT2D eigenvalue weighted by Gasteiger charge is -2.19. The van der Waals surface area contributed by atoms with Crippen molar-refractivity contribution in [3.8, 4) is 0 Å². The summed E-state index contributed by atoms with van der Waals surface area (Å²) in [5.41, 5.74) is 1.96. The number of fused-ring (bicyclic) bond motifs is 1. The van der Waals surface area contributed by atoms with Crippen molar-refractivity contribution in [2.75, 3.05) is 6.54 Å². The number of halogens is 1. The summed E-state index contributed by atoms with van der Waals surface area (Å²) in [6.07, 6.45) is 1.11. The van der Waals surface area contributed by atoms with Gasteiger partial charge in [-0.15, -0.1) is 0 Å². The molecule has 0 aliphatic rings. The molecule has 2 nitrogen and oxygen atoms in total. The Morgan fingerprint density at radius 1 is 1.26 bits per heavy atom. The van der Waals surface area contributed by atoms with Crippen molar-refractivity contribution in [1.82, 2.24) is 5.32 Å². The van der Waals surface area contributed by atoms with Crippen LogP contribution in [0.2, 0.25) is 5.02 Å². The Balaban J connectivity index is 2.40. The molecule has 104 valence electrons. The van der Waals surface area contributed by atoms with Gasteiger partial charge in [0.2, 0.25) is 0 Å². The Kier molecular flexibility index (Phi) is 4.54. The van der Waals surface area contributed by atoms with Crippen molar-refractivity contribution < 1.29 is 4.42 Å². The Morgan fingerprint density at radius 2 is 2.00 bits per heavy atom. The molecule has 0 amide bonds. The first-order valence-corrected chi connectivity index (χ1v) is 7.33. The molecule has 1 unspecified atom stereocenters. The number of nitrogens with one attached hydrogen (secondary N) is 1. The molecule has 1 N–H and O–H groups in total. The Bertz CT molecular complexity index is 559. The van der Waals surface area contributed by atoms with Crippen LogP contribution in [0.1, 0.15) is 44.6 Å². The molecule has 2 rings (SSSR count). The third-order valence-corrected chi connectivity index (χ3v) is 3.60. The van der Waals surface area contributed by atoms with Gasteiger partial charge in [0.1, 0.15) is 5.76 Å². The van der Waals surface area contributed by atoms with Gasteiger partial charge in [0, 0.05) is 5.39 Å². The number of hydrogen-bond acceptors (Lipinski definition) is 2. The van der Waals surface area contributed by atoms with Crippen molar-refractivity contribution in [3.63, 3.8) is 0 Å². The highest BCUT2D eigenvalue weighted by molar-refractivity contribution is 6.34. The summed E-state index contributed by atoms with van der Waals surface area (Å²) in [7, 11) is 0. The van der Waals surface area contributed by atoms with E-state index in [0.717, 1.165) is 35.3 Å². The fourth-order valence-corrected chi connectivity index (χ4v) is 2.71. The summed E-state index contributed by atoms with van der Waals surface area (Å²) in [6.45, 7) is 9.61. The van der Waals surface area contributed by atoms with Crippen LogP contribution in [-0.4, -0.2) is 6.54 Å². The SMILES string of the molecule is CCCNC(c1cc2cc(C)cc(Cl)c2o1)C(C)C. The first-order chi connectivity index (χ1) is 9.02. The highest BCUT2D eigenvalue weighted by Gasteiger charge is 2.20. The van der Waals surface area contributed by atoms with Crippen molar-refractivity contribution >= 4 is 22.6 Å². The molecule has 1 atom stereocenters. The highest BCUT2D eigenvalue weighted by Crippen LogP contribution is 2.32. The minimum absolute atomic E-state index is 0.240. The van der Waals surface area contributed by atoms with Gasteiger partial charge in [0.15, 0.2) is 5.58 Å². The Morgan fingerprint density at radius 3 is 2.63 bits per heavy atom. The van der Waals surface area contributed by atoms with Crippen LogP contribution >= 0.6 is 11.6 Å². The second kappa shape index (κ2) is 5.98. The molecule has 0 fully saturated rings. The lowest BCUT2D eigenvalue weighted by molar-refractivity contribution is 0.351. The van der Waals surface area contributed by atoms with Crippen LogP contribution in [-0.2, 0) is 0 Å². The molecule has 3 heteroatoms. The number of aryl methyl sites for hydroxylation is 1.